The van der Waals surface area contributed by atoms with Gasteiger partial charge in [0.05, 0.1) is 17.4 Å². The fourth-order valence-corrected chi connectivity index (χ4v) is 6.23. The summed E-state index contributed by atoms with van der Waals surface area (Å²) in [6, 6.07) is 10.8. The van der Waals surface area contributed by atoms with Gasteiger partial charge in [-0.1, -0.05) is 37.6 Å². The van der Waals surface area contributed by atoms with Gasteiger partial charge in [0.2, 0.25) is 10.0 Å². The summed E-state index contributed by atoms with van der Waals surface area (Å²) >= 11 is 0. The Hall–Kier alpha value is -3.05. The summed E-state index contributed by atoms with van der Waals surface area (Å²) in [6.07, 6.45) is 2.12. The van der Waals surface area contributed by atoms with E-state index in [1.54, 1.807) is 31.2 Å². The van der Waals surface area contributed by atoms with Crippen LogP contribution in [0.15, 0.2) is 51.8 Å². The normalized spacial score (nSPS) is 23.7. The molecular weight excluding hydrogens is 466 g/mol. The first kappa shape index (κ1) is 23.1. The molecule has 2 aromatic carbocycles. The molecule has 0 amide bonds. The molecule has 1 heterocycles. The highest BCUT2D eigenvalue weighted by molar-refractivity contribution is 7.92. The van der Waals surface area contributed by atoms with Crippen LogP contribution in [0, 0.1) is 5.92 Å². The van der Waals surface area contributed by atoms with E-state index in [0.717, 1.165) is 12.3 Å². The van der Waals surface area contributed by atoms with E-state index >= 15 is 0 Å². The molecule has 0 saturated heterocycles. The number of sulfonamides is 2. The Morgan fingerprint density at radius 3 is 2.52 bits per heavy atom. The van der Waals surface area contributed by atoms with Crippen molar-refractivity contribution < 1.29 is 26.4 Å². The number of carbonyl (C=O) groups is 2. The minimum absolute atomic E-state index is 0.0505. The Bertz CT molecular complexity index is 1430. The zero-order valence-electron chi connectivity index (χ0n) is 18.2. The lowest BCUT2D eigenvalue weighted by Crippen LogP contribution is -2.51. The number of fused-ring (bicyclic) bond motifs is 2. The van der Waals surface area contributed by atoms with Crippen molar-refractivity contribution in [3.8, 4) is 0 Å². The first-order valence-electron chi connectivity index (χ1n) is 10.3. The smallest absolute Gasteiger partial charge is 0.286 e. The first-order valence-corrected chi connectivity index (χ1v) is 13.6. The van der Waals surface area contributed by atoms with Gasteiger partial charge in [-0.25, -0.2) is 8.42 Å². The molecule has 2 N–H and O–H groups in total. The van der Waals surface area contributed by atoms with Crippen molar-refractivity contribution in [3.63, 3.8) is 0 Å². The van der Waals surface area contributed by atoms with E-state index in [2.05, 4.69) is 14.4 Å². The van der Waals surface area contributed by atoms with Crippen molar-refractivity contribution in [2.24, 2.45) is 10.3 Å². The van der Waals surface area contributed by atoms with Gasteiger partial charge in [-0.3, -0.25) is 14.3 Å². The second kappa shape index (κ2) is 7.77. The quantitative estimate of drug-likeness (QED) is 0.616. The SMILES string of the molecule is CCCC1(C)C(=O)C(C2=NS(=O)(=O)c3cc(NS(C)(=O)=O)ccc3N2)C(=O)c2ccccc21. The molecule has 2 unspecified atom stereocenters. The van der Waals surface area contributed by atoms with Gasteiger partial charge in [0.15, 0.2) is 11.6 Å². The number of ketones is 2. The van der Waals surface area contributed by atoms with Crippen LogP contribution in [-0.2, 0) is 30.3 Å². The van der Waals surface area contributed by atoms with E-state index in [1.165, 1.54) is 12.1 Å². The molecule has 2 aliphatic rings. The molecular formula is C22H23N3O6S2. The number of benzene rings is 2. The molecule has 0 fully saturated rings. The highest BCUT2D eigenvalue weighted by Crippen LogP contribution is 2.42. The second-order valence-corrected chi connectivity index (χ2v) is 11.8. The van der Waals surface area contributed by atoms with E-state index in [1.807, 2.05) is 6.92 Å². The van der Waals surface area contributed by atoms with Crippen LogP contribution in [-0.4, -0.2) is 40.5 Å². The van der Waals surface area contributed by atoms with Crippen LogP contribution in [0.4, 0.5) is 11.4 Å². The van der Waals surface area contributed by atoms with E-state index in [9.17, 15) is 26.4 Å². The lowest BCUT2D eigenvalue weighted by molar-refractivity contribution is -0.125. The Balaban J connectivity index is 1.81. The molecule has 1 aliphatic heterocycles. The van der Waals surface area contributed by atoms with Crippen LogP contribution < -0.4 is 10.0 Å². The third-order valence-electron chi connectivity index (χ3n) is 5.92. The number of rotatable bonds is 5. The Morgan fingerprint density at radius 1 is 1.15 bits per heavy atom. The molecule has 1 aliphatic carbocycles. The number of Topliss-reactive ketones (excluding diaryl/α,β-unsaturated/α-hetero) is 2. The zero-order chi connectivity index (χ0) is 24.2. The van der Waals surface area contributed by atoms with E-state index in [4.69, 9.17) is 0 Å². The number of hydrogen-bond donors (Lipinski definition) is 2. The van der Waals surface area contributed by atoms with E-state index in [0.29, 0.717) is 24.0 Å². The molecule has 0 radical (unpaired) electrons. The third-order valence-corrected chi connectivity index (χ3v) is 7.86. The maximum atomic E-state index is 13.6. The van der Waals surface area contributed by atoms with E-state index in [-0.39, 0.29) is 22.1 Å². The van der Waals surface area contributed by atoms with Gasteiger partial charge in [-0.05, 0) is 37.1 Å². The fraction of sp³-hybridized carbons (Fsp3) is 0.318. The number of hydrogen-bond acceptors (Lipinski definition) is 7. The predicted octanol–water partition coefficient (Wildman–Crippen LogP) is 2.71. The molecule has 174 valence electrons. The molecule has 0 aromatic heterocycles. The summed E-state index contributed by atoms with van der Waals surface area (Å²) < 4.78 is 54.9. The average Bonchev–Trinajstić information content (AvgIpc) is 2.72. The van der Waals surface area contributed by atoms with Gasteiger partial charge >= 0.3 is 0 Å². The van der Waals surface area contributed by atoms with Crippen molar-refractivity contribution in [2.45, 2.75) is 37.0 Å². The Kier molecular flexibility index (Phi) is 5.44. The molecule has 2 aromatic rings. The van der Waals surface area contributed by atoms with Crippen molar-refractivity contribution in [3.05, 3.63) is 53.6 Å². The van der Waals surface area contributed by atoms with Gasteiger partial charge < -0.3 is 5.32 Å². The van der Waals surface area contributed by atoms with Crippen LogP contribution in [0.2, 0.25) is 0 Å². The van der Waals surface area contributed by atoms with Gasteiger partial charge in [0, 0.05) is 11.3 Å². The van der Waals surface area contributed by atoms with Gasteiger partial charge in [0.1, 0.15) is 16.6 Å². The number of amidine groups is 1. The Morgan fingerprint density at radius 2 is 1.85 bits per heavy atom. The lowest BCUT2D eigenvalue weighted by atomic mass is 9.63. The molecule has 11 heteroatoms. The third kappa shape index (κ3) is 3.95. The standard InChI is InChI=1S/C22H23N3O6S2/c1-4-11-22(2)15-8-6-5-7-14(15)19(26)18(20(22)27)21-23-16-10-9-13(24-32(3,28)29)12-17(16)33(30,31)25-21/h5-10,12,18,24H,4,11H2,1-3H3,(H,23,25). The molecule has 0 spiro atoms. The number of anilines is 2. The van der Waals surface area contributed by atoms with Crippen molar-refractivity contribution in [2.75, 3.05) is 16.3 Å². The van der Waals surface area contributed by atoms with Crippen molar-refractivity contribution >= 4 is 48.8 Å². The zero-order valence-corrected chi connectivity index (χ0v) is 19.9. The van der Waals surface area contributed by atoms with Gasteiger partial charge in [-0.2, -0.15) is 8.42 Å². The molecule has 9 nitrogen and oxygen atoms in total. The van der Waals surface area contributed by atoms with Crippen LogP contribution in [0.5, 0.6) is 0 Å². The molecule has 0 saturated carbocycles. The topological polar surface area (TPSA) is 139 Å². The van der Waals surface area contributed by atoms with Crippen molar-refractivity contribution in [1.29, 1.82) is 0 Å². The summed E-state index contributed by atoms with van der Waals surface area (Å²) in [7, 11) is -7.93. The van der Waals surface area contributed by atoms with E-state index < -0.39 is 42.9 Å². The minimum Gasteiger partial charge on any atom is -0.341 e. The monoisotopic (exact) mass is 489 g/mol. The van der Waals surface area contributed by atoms with Gasteiger partial charge in [0.25, 0.3) is 10.0 Å². The Labute approximate surface area is 192 Å². The molecule has 0 bridgehead atoms. The van der Waals surface area contributed by atoms with Crippen LogP contribution in [0.3, 0.4) is 0 Å². The predicted molar refractivity (Wildman–Crippen MR) is 125 cm³/mol. The largest absolute Gasteiger partial charge is 0.341 e. The summed E-state index contributed by atoms with van der Waals surface area (Å²) in [5, 5.41) is 2.84. The summed E-state index contributed by atoms with van der Waals surface area (Å²) in [4.78, 5) is 26.7. The average molecular weight is 490 g/mol. The number of carbonyl (C=O) groups excluding carboxylic acids is 2. The fourth-order valence-electron chi connectivity index (χ4n) is 4.49. The summed E-state index contributed by atoms with van der Waals surface area (Å²) in [5.41, 5.74) is 0.194. The molecule has 2 atom stereocenters. The summed E-state index contributed by atoms with van der Waals surface area (Å²) in [5.74, 6) is -2.57. The maximum Gasteiger partial charge on any atom is 0.286 e. The maximum absolute atomic E-state index is 13.6. The highest BCUT2D eigenvalue weighted by atomic mass is 32.2. The summed E-state index contributed by atoms with van der Waals surface area (Å²) in [6.45, 7) is 3.71. The van der Waals surface area contributed by atoms with Crippen molar-refractivity contribution in [1.82, 2.24) is 0 Å². The van der Waals surface area contributed by atoms with Crippen LogP contribution in [0.25, 0.3) is 0 Å². The van der Waals surface area contributed by atoms with Gasteiger partial charge in [-0.15, -0.1) is 4.40 Å². The highest BCUT2D eigenvalue weighted by Gasteiger charge is 2.51. The molecule has 4 rings (SSSR count). The minimum atomic E-state index is -4.31. The number of nitrogens with zero attached hydrogens (tertiary/aromatic N) is 1. The van der Waals surface area contributed by atoms with Crippen LogP contribution >= 0.6 is 0 Å². The lowest BCUT2D eigenvalue weighted by Gasteiger charge is -2.38. The first-order chi connectivity index (χ1) is 15.4. The second-order valence-electron chi connectivity index (χ2n) is 8.45. The number of nitrogens with one attached hydrogen (secondary N) is 2. The molecule has 33 heavy (non-hydrogen) atoms. The van der Waals surface area contributed by atoms with Crippen LogP contribution in [0.1, 0.15) is 42.6 Å².